The molecule has 0 aromatic heterocycles. The van der Waals surface area contributed by atoms with Gasteiger partial charge in [-0.3, -0.25) is 0 Å². The molecule has 0 bridgehead atoms. The fourth-order valence-corrected chi connectivity index (χ4v) is 6.39. The van der Waals surface area contributed by atoms with Gasteiger partial charge in [-0.05, 0) is 19.3 Å². The number of quaternary nitrogens is 1. The largest absolute Gasteiger partial charge is 0.438 e. The van der Waals surface area contributed by atoms with Crippen LogP contribution in [0, 0.1) is 116 Å². The summed E-state index contributed by atoms with van der Waals surface area (Å²) in [6.45, 7) is 0.742. The van der Waals surface area contributed by atoms with Crippen LogP contribution in [-0.4, -0.2) is 32.0 Å². The van der Waals surface area contributed by atoms with Crippen LogP contribution in [0.1, 0.15) is 19.3 Å². The monoisotopic (exact) mass is 847 g/mol. The van der Waals surface area contributed by atoms with E-state index in [0.717, 1.165) is 19.3 Å². The van der Waals surface area contributed by atoms with E-state index in [0.29, 0.717) is 18.0 Å². The molecule has 4 aromatic carbocycles. The third-order valence-electron chi connectivity index (χ3n) is 8.72. The van der Waals surface area contributed by atoms with Crippen molar-refractivity contribution in [2.24, 2.45) is 0 Å². The molecule has 1 heterocycles. The van der Waals surface area contributed by atoms with Gasteiger partial charge >= 0.3 is 6.18 Å². The Balaban J connectivity index is 0.000000544. The quantitative estimate of drug-likeness (QED) is 0.102. The van der Waals surface area contributed by atoms with Gasteiger partial charge in [-0.15, -0.1) is 21.9 Å². The van der Waals surface area contributed by atoms with E-state index in [1.54, 1.807) is 0 Å². The van der Waals surface area contributed by atoms with Gasteiger partial charge in [-0.2, -0.15) is 13.2 Å². The molecular formula is C31H13BF23N. The Labute approximate surface area is 295 Å². The average molecular weight is 847 g/mol. The van der Waals surface area contributed by atoms with E-state index in [1.807, 2.05) is 0 Å². The van der Waals surface area contributed by atoms with E-state index in [2.05, 4.69) is 0 Å². The minimum absolute atomic E-state index is 0.646. The van der Waals surface area contributed by atoms with Gasteiger partial charge in [0.1, 0.15) is 52.7 Å². The summed E-state index contributed by atoms with van der Waals surface area (Å²) >= 11 is 0. The standard InChI is InChI=1S/C24BF20.C7H12F3N/c26-5-1(6(27)14(35)21(42)13(5)34)25(2-7(28)15(36)22(43)16(37)8(2)29,3-9(30)17(38)23(44)18(39)10(3)31)4-11(32)19(40)24(45)20(41)12(4)33;8-7(9,10)6-11-4-2-1-3-5-11/h;1-6H2/q-1;/p+1. The molecule has 1 aliphatic heterocycles. The summed E-state index contributed by atoms with van der Waals surface area (Å²) in [4.78, 5) is 0.698. The number of likely N-dealkylation sites (tertiary alicyclic amines) is 1. The highest BCUT2D eigenvalue weighted by Crippen LogP contribution is 2.30. The molecule has 5 rings (SSSR count). The van der Waals surface area contributed by atoms with Gasteiger partial charge in [0.2, 0.25) is 0 Å². The van der Waals surface area contributed by atoms with Crippen LogP contribution in [0.4, 0.5) is 101 Å². The van der Waals surface area contributed by atoms with Gasteiger partial charge in [-0.25, -0.2) is 87.8 Å². The van der Waals surface area contributed by atoms with E-state index in [-0.39, 0.29) is 0 Å². The number of benzene rings is 4. The molecule has 4 aromatic rings. The van der Waals surface area contributed by atoms with Crippen LogP contribution in [0.25, 0.3) is 0 Å². The van der Waals surface area contributed by atoms with Crippen molar-refractivity contribution in [1.29, 1.82) is 0 Å². The van der Waals surface area contributed by atoms with Gasteiger partial charge in [0.05, 0.1) is 13.1 Å². The Kier molecular flexibility index (Phi) is 12.3. The van der Waals surface area contributed by atoms with Gasteiger partial charge < -0.3 is 4.90 Å². The Hall–Kier alpha value is -4.71. The van der Waals surface area contributed by atoms with Crippen molar-refractivity contribution in [3.63, 3.8) is 0 Å². The van der Waals surface area contributed by atoms with Crippen molar-refractivity contribution in [3.05, 3.63) is 116 Å². The molecule has 1 fully saturated rings. The molecule has 0 radical (unpaired) electrons. The van der Waals surface area contributed by atoms with Crippen LogP contribution in [0.3, 0.4) is 0 Å². The number of hydrogen-bond acceptors (Lipinski definition) is 0. The number of rotatable bonds is 5. The summed E-state index contributed by atoms with van der Waals surface area (Å²) < 4.78 is 329. The van der Waals surface area contributed by atoms with Gasteiger partial charge in [0, 0.05) is 0 Å². The normalized spacial score (nSPS) is 14.0. The molecule has 0 atom stereocenters. The molecule has 0 amide bonds. The third-order valence-corrected chi connectivity index (χ3v) is 8.72. The van der Waals surface area contributed by atoms with Crippen molar-refractivity contribution in [2.45, 2.75) is 25.4 Å². The molecular weight excluding hydrogens is 834 g/mol. The maximum Gasteiger partial charge on any atom is 0.438 e. The van der Waals surface area contributed by atoms with Crippen molar-refractivity contribution >= 4 is 28.0 Å². The predicted molar refractivity (Wildman–Crippen MR) is 145 cm³/mol. The second-order valence-corrected chi connectivity index (χ2v) is 11.9. The fraction of sp³-hybridized carbons (Fsp3) is 0.226. The first kappa shape index (κ1) is 44.0. The summed E-state index contributed by atoms with van der Waals surface area (Å²) in [5.41, 5.74) is -14.3. The predicted octanol–water partition coefficient (Wildman–Crippen LogP) is 6.46. The molecule has 1 aliphatic rings. The molecule has 56 heavy (non-hydrogen) atoms. The molecule has 1 saturated heterocycles. The minimum Gasteiger partial charge on any atom is -0.327 e. The lowest BCUT2D eigenvalue weighted by Crippen LogP contribution is -3.14. The third kappa shape index (κ3) is 6.99. The van der Waals surface area contributed by atoms with Gasteiger partial charge in [0.15, 0.2) is 76.4 Å². The maximum absolute atomic E-state index is 15.4. The van der Waals surface area contributed by atoms with E-state index >= 15 is 35.1 Å². The minimum atomic E-state index is -7.22. The van der Waals surface area contributed by atoms with Crippen LogP contribution in [-0.2, 0) is 0 Å². The van der Waals surface area contributed by atoms with Crippen LogP contribution < -0.4 is 26.8 Å². The van der Waals surface area contributed by atoms with Crippen molar-refractivity contribution in [1.82, 2.24) is 0 Å². The Morgan fingerprint density at radius 2 is 0.482 bits per heavy atom. The van der Waals surface area contributed by atoms with Gasteiger partial charge in [0.25, 0.3) is 0 Å². The van der Waals surface area contributed by atoms with Crippen molar-refractivity contribution in [3.8, 4) is 0 Å². The van der Waals surface area contributed by atoms with Crippen LogP contribution in [0.15, 0.2) is 0 Å². The summed E-state index contributed by atoms with van der Waals surface area (Å²) in [7, 11) is 0. The molecule has 1 nitrogen and oxygen atoms in total. The molecule has 0 aliphatic carbocycles. The number of alkyl halides is 3. The zero-order valence-electron chi connectivity index (χ0n) is 26.5. The first-order chi connectivity index (χ1) is 25.8. The molecule has 1 N–H and O–H groups in total. The van der Waals surface area contributed by atoms with Gasteiger partial charge in [-0.1, -0.05) is 0 Å². The first-order valence-electron chi connectivity index (χ1n) is 14.9. The SMILES string of the molecule is FC(F)(F)C[NH+]1CCCCC1.Fc1c(F)c(F)c([B-](c2c(F)c(F)c(F)c(F)c2F)(c2c(F)c(F)c(F)c(F)c2F)c2c(F)c(F)c(F)c(F)c2F)c(F)c1F. The smallest absolute Gasteiger partial charge is 0.327 e. The zero-order valence-corrected chi connectivity index (χ0v) is 26.5. The Bertz CT molecular complexity index is 1830. The van der Waals surface area contributed by atoms with Crippen LogP contribution in [0.5, 0.6) is 0 Å². The lowest BCUT2D eigenvalue weighted by molar-refractivity contribution is -0.915. The van der Waals surface area contributed by atoms with E-state index in [4.69, 9.17) is 0 Å². The average Bonchev–Trinajstić information content (AvgIpc) is 3.14. The number of hydrogen-bond donors (Lipinski definition) is 1. The van der Waals surface area contributed by atoms with Crippen LogP contribution >= 0.6 is 0 Å². The van der Waals surface area contributed by atoms with E-state index in [1.165, 1.54) is 0 Å². The summed E-state index contributed by atoms with van der Waals surface area (Å²) in [6.07, 6.45) is -8.20. The molecule has 0 unspecified atom stereocenters. The van der Waals surface area contributed by atoms with E-state index in [9.17, 15) is 65.9 Å². The Morgan fingerprint density at radius 3 is 0.661 bits per heavy atom. The topological polar surface area (TPSA) is 4.44 Å². The van der Waals surface area contributed by atoms with E-state index < -0.39 is 157 Å². The maximum atomic E-state index is 15.4. The summed E-state index contributed by atoms with van der Waals surface area (Å²) in [5.74, 6) is -71.4. The lowest BCUT2D eigenvalue weighted by Gasteiger charge is -2.44. The molecule has 25 heteroatoms. The number of halogens is 23. The highest BCUT2D eigenvalue weighted by Gasteiger charge is 2.52. The second-order valence-electron chi connectivity index (χ2n) is 11.9. The second kappa shape index (κ2) is 15.7. The Morgan fingerprint density at radius 1 is 0.304 bits per heavy atom. The summed E-state index contributed by atoms with van der Waals surface area (Å²) in [6, 6.07) is 0. The fourth-order valence-electron chi connectivity index (χ4n) is 6.39. The summed E-state index contributed by atoms with van der Waals surface area (Å²) in [5, 5.41) is 0. The molecule has 0 spiro atoms. The first-order valence-corrected chi connectivity index (χ1v) is 14.9. The van der Waals surface area contributed by atoms with Crippen molar-refractivity contribution < 1.29 is 106 Å². The molecule has 306 valence electrons. The number of nitrogens with one attached hydrogen (secondary N) is 1. The number of piperidine rings is 1. The molecule has 0 saturated carbocycles. The van der Waals surface area contributed by atoms with Crippen LogP contribution in [0.2, 0.25) is 0 Å². The lowest BCUT2D eigenvalue weighted by atomic mass is 9.12. The zero-order chi connectivity index (χ0) is 42.7. The van der Waals surface area contributed by atoms with Crippen molar-refractivity contribution in [2.75, 3.05) is 19.6 Å². The highest BCUT2D eigenvalue weighted by atomic mass is 19.4. The highest BCUT2D eigenvalue weighted by molar-refractivity contribution is 7.20.